The van der Waals surface area contributed by atoms with Gasteiger partial charge in [-0.05, 0) is 19.1 Å². The molecule has 3 nitrogen and oxygen atoms in total. The summed E-state index contributed by atoms with van der Waals surface area (Å²) in [6.07, 6.45) is 0.496. The fourth-order valence-electron chi connectivity index (χ4n) is 0.598. The van der Waals surface area contributed by atoms with Crippen LogP contribution in [0.15, 0.2) is 11.1 Å². The number of hydrogen-bond donors (Lipinski definition) is 2. The van der Waals surface area contributed by atoms with Crippen LogP contribution in [-0.4, -0.2) is 28.6 Å². The van der Waals surface area contributed by atoms with Crippen LogP contribution in [0.25, 0.3) is 0 Å². The average Bonchev–Trinajstić information content (AvgIpc) is 2.11. The van der Waals surface area contributed by atoms with Crippen LogP contribution in [0.2, 0.25) is 0 Å². The minimum absolute atomic E-state index is 0.496. The molecule has 5 heteroatoms. The summed E-state index contributed by atoms with van der Waals surface area (Å²) < 4.78 is 0. The van der Waals surface area contributed by atoms with Gasteiger partial charge in [0.2, 0.25) is 0 Å². The van der Waals surface area contributed by atoms with E-state index in [1.165, 1.54) is 5.54 Å². The Bertz CT molecular complexity index is 197. The molecule has 1 atom stereocenters. The van der Waals surface area contributed by atoms with Crippen molar-refractivity contribution in [1.82, 2.24) is 0 Å². The van der Waals surface area contributed by atoms with E-state index in [-0.39, 0.29) is 0 Å². The van der Waals surface area contributed by atoms with Crippen LogP contribution in [0.4, 0.5) is 0 Å². The van der Waals surface area contributed by atoms with Gasteiger partial charge in [0.05, 0.1) is 0 Å². The number of thioether (sulfide) groups is 1. The van der Waals surface area contributed by atoms with Crippen molar-refractivity contribution in [2.24, 2.45) is 5.73 Å². The van der Waals surface area contributed by atoms with Gasteiger partial charge in [0.15, 0.2) is 0 Å². The molecule has 0 aromatic carbocycles. The second-order valence-electron chi connectivity index (χ2n) is 2.74. The van der Waals surface area contributed by atoms with Crippen molar-refractivity contribution in [1.29, 1.82) is 0 Å². The molecule has 1 unspecified atom stereocenters. The summed E-state index contributed by atoms with van der Waals surface area (Å²) in [5.74, 6) is 0.635. The number of aliphatic carboxylic acids is 1. The second kappa shape index (κ2) is 7.24. The lowest BCUT2D eigenvalue weighted by Gasteiger charge is -2.05. The molecule has 3 N–H and O–H groups in total. The lowest BCUT2D eigenvalue weighted by Crippen LogP contribution is -2.30. The van der Waals surface area contributed by atoms with Crippen LogP contribution in [0.1, 0.15) is 13.3 Å². The maximum atomic E-state index is 10.3. The van der Waals surface area contributed by atoms with Crippen LogP contribution in [0.3, 0.4) is 0 Å². The number of carboxylic acids is 1. The fourth-order valence-corrected chi connectivity index (χ4v) is 1.74. The molecule has 0 fully saturated rings. The van der Waals surface area contributed by atoms with Crippen LogP contribution in [0, 0.1) is 0 Å². The molecule has 0 aromatic heterocycles. The van der Waals surface area contributed by atoms with Crippen molar-refractivity contribution in [3.63, 3.8) is 0 Å². The molecule has 0 heterocycles. The van der Waals surface area contributed by atoms with Crippen LogP contribution >= 0.6 is 23.4 Å². The molecule has 0 aliphatic heterocycles. The van der Waals surface area contributed by atoms with Crippen molar-refractivity contribution in [2.45, 2.75) is 19.4 Å². The summed E-state index contributed by atoms with van der Waals surface area (Å²) in [6, 6.07) is -0.743. The first kappa shape index (κ1) is 12.8. The van der Waals surface area contributed by atoms with Gasteiger partial charge in [0.1, 0.15) is 6.04 Å². The first-order valence-electron chi connectivity index (χ1n) is 3.90. The van der Waals surface area contributed by atoms with Gasteiger partial charge < -0.3 is 10.8 Å². The van der Waals surface area contributed by atoms with Crippen molar-refractivity contribution < 1.29 is 9.90 Å². The van der Waals surface area contributed by atoms with Crippen LogP contribution in [0.5, 0.6) is 0 Å². The minimum Gasteiger partial charge on any atom is -0.480 e. The van der Waals surface area contributed by atoms with Gasteiger partial charge in [-0.1, -0.05) is 17.2 Å². The molecule has 76 valence electrons. The number of hydrogen-bond acceptors (Lipinski definition) is 3. The molecule has 13 heavy (non-hydrogen) atoms. The predicted molar refractivity (Wildman–Crippen MR) is 57.2 cm³/mol. The van der Waals surface area contributed by atoms with Gasteiger partial charge in [0, 0.05) is 11.3 Å². The highest BCUT2D eigenvalue weighted by Crippen LogP contribution is 2.10. The van der Waals surface area contributed by atoms with Crippen LogP contribution < -0.4 is 5.73 Å². The smallest absolute Gasteiger partial charge is 0.320 e. The predicted octanol–water partition coefficient (Wildman–Crippen LogP) is 1.66. The Morgan fingerprint density at radius 1 is 1.77 bits per heavy atom. The Kier molecular flexibility index (Phi) is 7.13. The molecule has 0 saturated heterocycles. The monoisotopic (exact) mass is 223 g/mol. The van der Waals surface area contributed by atoms with Gasteiger partial charge in [0.25, 0.3) is 0 Å². The maximum absolute atomic E-state index is 10.3. The standard InChI is InChI=1S/C8H14ClNO2S/c1-6(4-9)5-13-3-2-7(10)8(11)12/h4,7H,2-3,5,10H2,1H3,(H,11,12). The molecule has 0 aliphatic rings. The summed E-state index contributed by atoms with van der Waals surface area (Å²) in [4.78, 5) is 10.3. The third kappa shape index (κ3) is 6.93. The number of nitrogens with two attached hydrogens (primary N) is 1. The lowest BCUT2D eigenvalue weighted by molar-refractivity contribution is -0.138. The Morgan fingerprint density at radius 2 is 2.38 bits per heavy atom. The number of carboxylic acid groups (broad SMARTS) is 1. The Morgan fingerprint density at radius 3 is 2.85 bits per heavy atom. The third-order valence-corrected chi connectivity index (χ3v) is 2.96. The van der Waals surface area contributed by atoms with E-state index in [4.69, 9.17) is 22.4 Å². The van der Waals surface area contributed by atoms with E-state index in [2.05, 4.69) is 0 Å². The third-order valence-electron chi connectivity index (χ3n) is 1.41. The molecule has 0 saturated carbocycles. The summed E-state index contributed by atoms with van der Waals surface area (Å²) in [6.45, 7) is 1.93. The van der Waals surface area contributed by atoms with Crippen molar-refractivity contribution >= 4 is 29.3 Å². The molecule has 0 radical (unpaired) electrons. The lowest BCUT2D eigenvalue weighted by atomic mass is 10.2. The molecular weight excluding hydrogens is 210 g/mol. The highest BCUT2D eigenvalue weighted by atomic mass is 35.5. The first-order valence-corrected chi connectivity index (χ1v) is 5.49. The largest absolute Gasteiger partial charge is 0.480 e. The minimum atomic E-state index is -0.940. The molecule has 0 aromatic rings. The molecule has 0 spiro atoms. The molecule has 0 amide bonds. The molecule has 0 rings (SSSR count). The highest BCUT2D eigenvalue weighted by molar-refractivity contribution is 7.99. The quantitative estimate of drug-likeness (QED) is 0.673. The Labute approximate surface area is 87.3 Å². The van der Waals surface area contributed by atoms with Crippen molar-refractivity contribution in [3.05, 3.63) is 11.1 Å². The van der Waals surface area contributed by atoms with Gasteiger partial charge in [-0.2, -0.15) is 11.8 Å². The van der Waals surface area contributed by atoms with Gasteiger partial charge >= 0.3 is 5.97 Å². The summed E-state index contributed by atoms with van der Waals surface area (Å²) in [5, 5.41) is 8.47. The maximum Gasteiger partial charge on any atom is 0.320 e. The zero-order valence-electron chi connectivity index (χ0n) is 7.50. The topological polar surface area (TPSA) is 63.3 Å². The Hall–Kier alpha value is -0.190. The normalized spacial score (nSPS) is 14.2. The van der Waals surface area contributed by atoms with E-state index >= 15 is 0 Å². The fraction of sp³-hybridized carbons (Fsp3) is 0.625. The van der Waals surface area contributed by atoms with E-state index in [0.717, 1.165) is 17.1 Å². The van der Waals surface area contributed by atoms with E-state index in [1.807, 2.05) is 6.92 Å². The Balaban J connectivity index is 3.41. The first-order chi connectivity index (χ1) is 6.07. The second-order valence-corrected chi connectivity index (χ2v) is 4.06. The van der Waals surface area contributed by atoms with E-state index in [1.54, 1.807) is 11.8 Å². The van der Waals surface area contributed by atoms with Crippen molar-refractivity contribution in [2.75, 3.05) is 11.5 Å². The summed E-state index contributed by atoms with van der Waals surface area (Å²) in [5.41, 5.74) is 7.92. The highest BCUT2D eigenvalue weighted by Gasteiger charge is 2.09. The van der Waals surface area contributed by atoms with Gasteiger partial charge in [-0.3, -0.25) is 4.79 Å². The van der Waals surface area contributed by atoms with E-state index in [0.29, 0.717) is 6.42 Å². The van der Waals surface area contributed by atoms with Crippen molar-refractivity contribution in [3.8, 4) is 0 Å². The number of rotatable bonds is 6. The number of halogens is 1. The summed E-state index contributed by atoms with van der Waals surface area (Å²) >= 11 is 7.09. The van der Waals surface area contributed by atoms with Crippen LogP contribution in [-0.2, 0) is 4.79 Å². The SMILES string of the molecule is CC(=CCl)CSCCC(N)C(=O)O. The van der Waals surface area contributed by atoms with Gasteiger partial charge in [-0.25, -0.2) is 0 Å². The number of carbonyl (C=O) groups is 1. The molecule has 0 bridgehead atoms. The zero-order chi connectivity index (χ0) is 10.3. The zero-order valence-corrected chi connectivity index (χ0v) is 9.07. The summed E-state index contributed by atoms with van der Waals surface area (Å²) in [7, 11) is 0. The van der Waals surface area contributed by atoms with E-state index < -0.39 is 12.0 Å². The van der Waals surface area contributed by atoms with Gasteiger partial charge in [-0.15, -0.1) is 0 Å². The average molecular weight is 224 g/mol. The molecule has 0 aliphatic carbocycles. The van der Waals surface area contributed by atoms with E-state index in [9.17, 15) is 4.79 Å². The molecular formula is C8H14ClNO2S.